The van der Waals surface area contributed by atoms with Crippen molar-refractivity contribution in [1.82, 2.24) is 0 Å². The van der Waals surface area contributed by atoms with Crippen LogP contribution in [0.2, 0.25) is 0 Å². The van der Waals surface area contributed by atoms with E-state index in [1.54, 1.807) is 7.11 Å². The van der Waals surface area contributed by atoms with Crippen molar-refractivity contribution in [3.8, 4) is 0 Å². The summed E-state index contributed by atoms with van der Waals surface area (Å²) >= 11 is 0. The number of aliphatic imine (C=N–C) groups is 1. The molecule has 2 aliphatic heterocycles. The molecule has 2 aliphatic rings. The van der Waals surface area contributed by atoms with Crippen molar-refractivity contribution in [2.24, 2.45) is 10.9 Å². The van der Waals surface area contributed by atoms with E-state index in [2.05, 4.69) is 25.8 Å². The van der Waals surface area contributed by atoms with Crippen LogP contribution in [0.25, 0.3) is 0 Å². The van der Waals surface area contributed by atoms with Gasteiger partial charge in [-0.3, -0.25) is 0 Å². The minimum absolute atomic E-state index is 0.0925. The molecule has 15 heavy (non-hydrogen) atoms. The number of methoxy groups -OCH3 is 1. The van der Waals surface area contributed by atoms with Crippen molar-refractivity contribution >= 4 is 5.90 Å². The normalized spacial score (nSPS) is 43.3. The number of nitrogens with zero attached hydrogens (tertiary/aromatic N) is 1. The number of hydrogen-bond donors (Lipinski definition) is 0. The van der Waals surface area contributed by atoms with Crippen molar-refractivity contribution < 1.29 is 14.2 Å². The highest BCUT2D eigenvalue weighted by Crippen LogP contribution is 2.55. The van der Waals surface area contributed by atoms with Crippen LogP contribution in [0, 0.1) is 5.92 Å². The van der Waals surface area contributed by atoms with Crippen LogP contribution in [-0.4, -0.2) is 30.6 Å². The molecule has 4 heteroatoms. The molecule has 0 bridgehead atoms. The van der Waals surface area contributed by atoms with Crippen LogP contribution in [0.15, 0.2) is 4.99 Å². The van der Waals surface area contributed by atoms with Gasteiger partial charge in [0.15, 0.2) is 11.4 Å². The van der Waals surface area contributed by atoms with Crippen LogP contribution in [0.4, 0.5) is 0 Å². The zero-order valence-corrected chi connectivity index (χ0v) is 10.0. The Morgan fingerprint density at radius 1 is 1.53 bits per heavy atom. The van der Waals surface area contributed by atoms with Crippen molar-refractivity contribution in [3.63, 3.8) is 0 Å². The summed E-state index contributed by atoms with van der Waals surface area (Å²) in [6, 6.07) is 0. The minimum atomic E-state index is -0.966. The molecule has 3 atom stereocenters. The van der Waals surface area contributed by atoms with E-state index < -0.39 is 5.97 Å². The second-order valence-corrected chi connectivity index (χ2v) is 4.49. The van der Waals surface area contributed by atoms with E-state index in [9.17, 15) is 0 Å². The molecular formula is C11H19NO3. The summed E-state index contributed by atoms with van der Waals surface area (Å²) in [5.74, 6) is 0.0152. The Bertz CT molecular complexity index is 302. The van der Waals surface area contributed by atoms with Crippen LogP contribution < -0.4 is 0 Å². The Balaban J connectivity index is 2.40. The smallest absolute Gasteiger partial charge is 0.357 e. The van der Waals surface area contributed by atoms with E-state index in [1.807, 2.05) is 6.92 Å². The lowest BCUT2D eigenvalue weighted by molar-refractivity contribution is -0.467. The van der Waals surface area contributed by atoms with Gasteiger partial charge in [0.05, 0.1) is 6.10 Å². The first-order chi connectivity index (χ1) is 7.02. The second kappa shape index (κ2) is 3.19. The molecule has 0 amide bonds. The van der Waals surface area contributed by atoms with Gasteiger partial charge in [0.2, 0.25) is 0 Å². The Kier molecular flexibility index (Phi) is 2.32. The molecule has 0 saturated carbocycles. The van der Waals surface area contributed by atoms with Crippen LogP contribution in [0.1, 0.15) is 34.1 Å². The highest BCUT2D eigenvalue weighted by Gasteiger charge is 2.75. The van der Waals surface area contributed by atoms with Crippen LogP contribution >= 0.6 is 0 Å². The molecule has 86 valence electrons. The third-order valence-corrected chi connectivity index (χ3v) is 3.42. The van der Waals surface area contributed by atoms with Gasteiger partial charge >= 0.3 is 5.97 Å². The van der Waals surface area contributed by atoms with Crippen molar-refractivity contribution in [1.29, 1.82) is 0 Å². The highest BCUT2D eigenvalue weighted by molar-refractivity contribution is 5.77. The first kappa shape index (κ1) is 10.9. The fraction of sp³-hybridized carbons (Fsp3) is 0.909. The average molecular weight is 213 g/mol. The number of hydrogen-bond acceptors (Lipinski definition) is 4. The average Bonchev–Trinajstić information content (AvgIpc) is 2.40. The maximum Gasteiger partial charge on any atom is 0.357 e. The molecule has 0 spiro atoms. The summed E-state index contributed by atoms with van der Waals surface area (Å²) in [4.78, 5) is 4.63. The third-order valence-electron chi connectivity index (χ3n) is 3.42. The van der Waals surface area contributed by atoms with E-state index in [4.69, 9.17) is 14.2 Å². The minimum Gasteiger partial charge on any atom is -0.424 e. The van der Waals surface area contributed by atoms with E-state index in [0.29, 0.717) is 11.8 Å². The molecule has 0 aliphatic carbocycles. The topological polar surface area (TPSA) is 40.0 Å². The molecular weight excluding hydrogens is 194 g/mol. The summed E-state index contributed by atoms with van der Waals surface area (Å²) in [5, 5.41) is 0. The molecule has 1 saturated heterocycles. The van der Waals surface area contributed by atoms with Gasteiger partial charge in [0, 0.05) is 14.0 Å². The fourth-order valence-corrected chi connectivity index (χ4v) is 2.74. The zero-order chi connectivity index (χ0) is 11.3. The van der Waals surface area contributed by atoms with Gasteiger partial charge in [-0.05, 0) is 12.3 Å². The van der Waals surface area contributed by atoms with E-state index in [0.717, 1.165) is 6.42 Å². The first-order valence-electron chi connectivity index (χ1n) is 5.51. The van der Waals surface area contributed by atoms with Crippen LogP contribution in [0.5, 0.6) is 0 Å². The zero-order valence-electron chi connectivity index (χ0n) is 10.0. The SMILES string of the molecule is CC[C@H]1O[C@]2(OC)OC(C)=N[C@@]12C(C)C. The predicted octanol–water partition coefficient (Wildman–Crippen LogP) is 1.94. The maximum atomic E-state index is 5.73. The monoisotopic (exact) mass is 213 g/mol. The van der Waals surface area contributed by atoms with Crippen molar-refractivity contribution in [2.75, 3.05) is 7.11 Å². The Morgan fingerprint density at radius 2 is 2.20 bits per heavy atom. The standard InChI is InChI=1S/C11H19NO3/c1-6-9-10(7(2)3)11(13-5,15-9)14-8(4)12-10/h7,9H,6H2,1-5H3/t9-,10+,11-/m1/s1. The van der Waals surface area contributed by atoms with Crippen LogP contribution in [-0.2, 0) is 14.2 Å². The summed E-state index contributed by atoms with van der Waals surface area (Å²) < 4.78 is 16.7. The number of fused-ring (bicyclic) bond motifs is 1. The van der Waals surface area contributed by atoms with Gasteiger partial charge in [-0.15, -0.1) is 0 Å². The van der Waals surface area contributed by atoms with Gasteiger partial charge in [0.1, 0.15) is 0 Å². The molecule has 0 radical (unpaired) electrons. The van der Waals surface area contributed by atoms with Gasteiger partial charge in [-0.1, -0.05) is 20.8 Å². The predicted molar refractivity (Wildman–Crippen MR) is 56.7 cm³/mol. The Hall–Kier alpha value is -0.610. The fourth-order valence-electron chi connectivity index (χ4n) is 2.74. The van der Waals surface area contributed by atoms with Crippen molar-refractivity contribution in [2.45, 2.75) is 51.7 Å². The molecule has 0 aromatic carbocycles. The number of rotatable bonds is 3. The number of ether oxygens (including phenoxy) is 3. The second-order valence-electron chi connectivity index (χ2n) is 4.49. The lowest BCUT2D eigenvalue weighted by atomic mass is 9.74. The molecule has 2 heterocycles. The van der Waals surface area contributed by atoms with Gasteiger partial charge in [-0.25, -0.2) is 4.99 Å². The maximum absolute atomic E-state index is 5.73. The molecule has 2 rings (SSSR count). The van der Waals surface area contributed by atoms with E-state index >= 15 is 0 Å². The summed E-state index contributed by atoms with van der Waals surface area (Å²) in [6.07, 6.45) is 1.01. The van der Waals surface area contributed by atoms with E-state index in [1.165, 1.54) is 0 Å². The highest BCUT2D eigenvalue weighted by atomic mass is 16.9. The third kappa shape index (κ3) is 1.06. The molecule has 0 aromatic heterocycles. The van der Waals surface area contributed by atoms with Gasteiger partial charge in [0.25, 0.3) is 0 Å². The molecule has 1 fully saturated rings. The van der Waals surface area contributed by atoms with E-state index in [-0.39, 0.29) is 11.6 Å². The summed E-state index contributed by atoms with van der Waals surface area (Å²) in [6.45, 7) is 8.20. The Morgan fingerprint density at radius 3 is 2.67 bits per heavy atom. The lowest BCUT2D eigenvalue weighted by Gasteiger charge is -2.56. The van der Waals surface area contributed by atoms with Crippen molar-refractivity contribution in [3.05, 3.63) is 0 Å². The van der Waals surface area contributed by atoms with Gasteiger partial charge < -0.3 is 14.2 Å². The largest absolute Gasteiger partial charge is 0.424 e. The Labute approximate surface area is 90.6 Å². The lowest BCUT2D eigenvalue weighted by Crippen LogP contribution is -2.75. The molecule has 0 aromatic rings. The summed E-state index contributed by atoms with van der Waals surface area (Å²) in [5.41, 5.74) is -0.361. The molecule has 0 unspecified atom stereocenters. The molecule has 4 nitrogen and oxygen atoms in total. The quantitative estimate of drug-likeness (QED) is 0.719. The summed E-state index contributed by atoms with van der Waals surface area (Å²) in [7, 11) is 1.61. The van der Waals surface area contributed by atoms with Gasteiger partial charge in [-0.2, -0.15) is 0 Å². The van der Waals surface area contributed by atoms with Crippen LogP contribution in [0.3, 0.4) is 0 Å². The molecule has 0 N–H and O–H groups in total. The first-order valence-corrected chi connectivity index (χ1v) is 5.51.